The highest BCUT2D eigenvalue weighted by molar-refractivity contribution is 7.10. The fourth-order valence-corrected chi connectivity index (χ4v) is 3.07. The van der Waals surface area contributed by atoms with Crippen LogP contribution in [0.15, 0.2) is 29.8 Å². The lowest BCUT2D eigenvalue weighted by atomic mass is 10.1. The minimum absolute atomic E-state index is 0.0764. The van der Waals surface area contributed by atoms with Crippen molar-refractivity contribution in [1.29, 1.82) is 0 Å². The molecule has 0 saturated carbocycles. The van der Waals surface area contributed by atoms with Crippen LogP contribution in [0.25, 0.3) is 0 Å². The third-order valence-electron chi connectivity index (χ3n) is 3.12. The number of nitrogens with zero attached hydrogens (tertiary/aromatic N) is 2. The van der Waals surface area contributed by atoms with Crippen LogP contribution >= 0.6 is 11.3 Å². The Morgan fingerprint density at radius 2 is 2.35 bits per heavy atom. The Hall–Kier alpha value is -1.39. The number of aliphatic hydroxyl groups is 1. The summed E-state index contributed by atoms with van der Waals surface area (Å²) < 4.78 is 0. The molecule has 0 aliphatic carbocycles. The molecule has 0 atom stereocenters. The van der Waals surface area contributed by atoms with E-state index in [1.165, 1.54) is 10.4 Å². The summed E-state index contributed by atoms with van der Waals surface area (Å²) in [5, 5.41) is 11.3. The lowest BCUT2D eigenvalue weighted by molar-refractivity contribution is 0.281. The molecular formula is C13H14N2OS. The first-order chi connectivity index (χ1) is 8.36. The van der Waals surface area contributed by atoms with Gasteiger partial charge in [0, 0.05) is 24.2 Å². The molecule has 1 N–H and O–H groups in total. The molecule has 2 aromatic rings. The van der Waals surface area contributed by atoms with Crippen molar-refractivity contribution in [2.45, 2.75) is 19.6 Å². The van der Waals surface area contributed by atoms with Crippen LogP contribution in [-0.4, -0.2) is 16.6 Å². The van der Waals surface area contributed by atoms with Crippen molar-refractivity contribution in [1.82, 2.24) is 4.98 Å². The molecule has 3 rings (SSSR count). The molecule has 2 aromatic heterocycles. The number of aliphatic hydroxyl groups excluding tert-OH is 1. The van der Waals surface area contributed by atoms with Gasteiger partial charge >= 0.3 is 0 Å². The van der Waals surface area contributed by atoms with Crippen molar-refractivity contribution in [3.63, 3.8) is 0 Å². The zero-order chi connectivity index (χ0) is 11.7. The van der Waals surface area contributed by atoms with E-state index in [9.17, 15) is 0 Å². The first kappa shape index (κ1) is 10.7. The van der Waals surface area contributed by atoms with Gasteiger partial charge in [-0.15, -0.1) is 11.3 Å². The van der Waals surface area contributed by atoms with Crippen LogP contribution in [0.4, 0.5) is 5.82 Å². The Morgan fingerprint density at radius 3 is 3.24 bits per heavy atom. The Kier molecular flexibility index (Phi) is 2.82. The number of hydrogen-bond acceptors (Lipinski definition) is 4. The molecule has 0 spiro atoms. The largest absolute Gasteiger partial charge is 0.392 e. The van der Waals surface area contributed by atoms with Crippen molar-refractivity contribution >= 4 is 17.2 Å². The van der Waals surface area contributed by atoms with Gasteiger partial charge in [-0.3, -0.25) is 0 Å². The van der Waals surface area contributed by atoms with E-state index in [1.807, 2.05) is 23.5 Å². The zero-order valence-corrected chi connectivity index (χ0v) is 10.3. The van der Waals surface area contributed by atoms with Gasteiger partial charge in [0.1, 0.15) is 5.82 Å². The molecule has 0 saturated heterocycles. The van der Waals surface area contributed by atoms with Crippen LogP contribution in [0.5, 0.6) is 0 Å². The standard InChI is InChI=1S/C13H14N2OS/c16-9-10-1-4-14-13(7-10)15-5-2-12-11(8-15)3-6-17-12/h1,3-4,6-7,16H,2,5,8-9H2. The van der Waals surface area contributed by atoms with Crippen LogP contribution < -0.4 is 4.90 Å². The first-order valence-corrected chi connectivity index (χ1v) is 6.61. The van der Waals surface area contributed by atoms with E-state index in [1.54, 1.807) is 6.20 Å². The molecule has 88 valence electrons. The highest BCUT2D eigenvalue weighted by atomic mass is 32.1. The number of hydrogen-bond donors (Lipinski definition) is 1. The zero-order valence-electron chi connectivity index (χ0n) is 9.47. The summed E-state index contributed by atoms with van der Waals surface area (Å²) in [5.74, 6) is 0.966. The Balaban J connectivity index is 1.86. The Morgan fingerprint density at radius 1 is 1.41 bits per heavy atom. The summed E-state index contributed by atoms with van der Waals surface area (Å²) in [6, 6.07) is 6.02. The van der Waals surface area contributed by atoms with E-state index < -0.39 is 0 Å². The van der Waals surface area contributed by atoms with Crippen LogP contribution in [0.2, 0.25) is 0 Å². The van der Waals surface area contributed by atoms with Crippen LogP contribution in [0.3, 0.4) is 0 Å². The van der Waals surface area contributed by atoms with E-state index in [0.29, 0.717) is 0 Å². The number of rotatable bonds is 2. The third kappa shape index (κ3) is 2.06. The van der Waals surface area contributed by atoms with Crippen LogP contribution in [0.1, 0.15) is 16.0 Å². The molecule has 1 aliphatic heterocycles. The smallest absolute Gasteiger partial charge is 0.129 e. The lowest BCUT2D eigenvalue weighted by Gasteiger charge is -2.28. The fraction of sp³-hybridized carbons (Fsp3) is 0.308. The SMILES string of the molecule is OCc1ccnc(N2CCc3sccc3C2)c1. The molecule has 3 heterocycles. The topological polar surface area (TPSA) is 36.4 Å². The van der Waals surface area contributed by atoms with Crippen molar-refractivity contribution in [2.24, 2.45) is 0 Å². The fourth-order valence-electron chi connectivity index (χ4n) is 2.18. The van der Waals surface area contributed by atoms with Gasteiger partial charge in [-0.1, -0.05) is 0 Å². The first-order valence-electron chi connectivity index (χ1n) is 5.73. The second-order valence-corrected chi connectivity index (χ2v) is 5.22. The van der Waals surface area contributed by atoms with E-state index >= 15 is 0 Å². The summed E-state index contributed by atoms with van der Waals surface area (Å²) >= 11 is 1.84. The predicted octanol–water partition coefficient (Wildman–Crippen LogP) is 2.20. The number of pyridine rings is 1. The summed E-state index contributed by atoms with van der Waals surface area (Å²) in [6.07, 6.45) is 2.86. The minimum Gasteiger partial charge on any atom is -0.392 e. The second kappa shape index (κ2) is 4.47. The molecule has 0 bridgehead atoms. The highest BCUT2D eigenvalue weighted by Crippen LogP contribution is 2.26. The molecule has 0 amide bonds. The monoisotopic (exact) mass is 246 g/mol. The molecule has 0 unspecified atom stereocenters. The maximum absolute atomic E-state index is 9.14. The maximum Gasteiger partial charge on any atom is 0.129 e. The highest BCUT2D eigenvalue weighted by Gasteiger charge is 2.18. The van der Waals surface area contributed by atoms with Gasteiger partial charge in [0.25, 0.3) is 0 Å². The molecular weight excluding hydrogens is 232 g/mol. The summed E-state index contributed by atoms with van der Waals surface area (Å²) in [5.41, 5.74) is 2.34. The van der Waals surface area contributed by atoms with Gasteiger partial charge in [-0.2, -0.15) is 0 Å². The molecule has 4 heteroatoms. The molecule has 17 heavy (non-hydrogen) atoms. The van der Waals surface area contributed by atoms with Gasteiger partial charge in [0.15, 0.2) is 0 Å². The lowest BCUT2D eigenvalue weighted by Crippen LogP contribution is -2.30. The number of fused-ring (bicyclic) bond motifs is 1. The number of anilines is 1. The van der Waals surface area contributed by atoms with Crippen molar-refractivity contribution in [3.8, 4) is 0 Å². The van der Waals surface area contributed by atoms with E-state index in [0.717, 1.165) is 30.9 Å². The van der Waals surface area contributed by atoms with Gasteiger partial charge in [0.2, 0.25) is 0 Å². The summed E-state index contributed by atoms with van der Waals surface area (Å²) in [7, 11) is 0. The quantitative estimate of drug-likeness (QED) is 0.882. The third-order valence-corrected chi connectivity index (χ3v) is 4.15. The average molecular weight is 246 g/mol. The maximum atomic E-state index is 9.14. The molecule has 0 aromatic carbocycles. The number of thiophene rings is 1. The van der Waals surface area contributed by atoms with Crippen molar-refractivity contribution in [2.75, 3.05) is 11.4 Å². The van der Waals surface area contributed by atoms with Crippen LogP contribution in [-0.2, 0) is 19.6 Å². The summed E-state index contributed by atoms with van der Waals surface area (Å²) in [6.45, 7) is 2.02. The minimum atomic E-state index is 0.0764. The van der Waals surface area contributed by atoms with Gasteiger partial charge in [-0.25, -0.2) is 4.98 Å². The Labute approximate surface area is 104 Å². The number of aromatic nitrogens is 1. The molecule has 1 aliphatic rings. The van der Waals surface area contributed by atoms with Gasteiger partial charge < -0.3 is 10.0 Å². The molecule has 3 nitrogen and oxygen atoms in total. The second-order valence-electron chi connectivity index (χ2n) is 4.22. The van der Waals surface area contributed by atoms with Gasteiger partial charge in [0.05, 0.1) is 6.61 Å². The van der Waals surface area contributed by atoms with E-state index in [4.69, 9.17) is 5.11 Å². The molecule has 0 fully saturated rings. The van der Waals surface area contributed by atoms with E-state index in [2.05, 4.69) is 21.3 Å². The predicted molar refractivity (Wildman–Crippen MR) is 69.2 cm³/mol. The van der Waals surface area contributed by atoms with Crippen molar-refractivity contribution < 1.29 is 5.11 Å². The van der Waals surface area contributed by atoms with E-state index in [-0.39, 0.29) is 6.61 Å². The summed E-state index contributed by atoms with van der Waals surface area (Å²) in [4.78, 5) is 8.16. The van der Waals surface area contributed by atoms with Crippen LogP contribution in [0, 0.1) is 0 Å². The van der Waals surface area contributed by atoms with Gasteiger partial charge in [-0.05, 0) is 41.1 Å². The molecule has 0 radical (unpaired) electrons. The normalized spacial score (nSPS) is 14.8. The van der Waals surface area contributed by atoms with Crippen molar-refractivity contribution in [3.05, 3.63) is 45.8 Å². The Bertz CT molecular complexity index is 524. The average Bonchev–Trinajstić information content (AvgIpc) is 2.86.